The van der Waals surface area contributed by atoms with E-state index in [-0.39, 0.29) is 12.9 Å². The molecule has 2 atom stereocenters. The first kappa shape index (κ1) is 10.4. The molecular formula is C10H18NO3. The van der Waals surface area contributed by atoms with E-state index in [4.69, 9.17) is 9.47 Å². The Hall–Kier alpha value is -0.160. The molecule has 2 unspecified atom stereocenters. The molecule has 2 saturated heterocycles. The van der Waals surface area contributed by atoms with E-state index in [1.54, 1.807) is 0 Å². The lowest BCUT2D eigenvalue weighted by molar-refractivity contribution is -0.0681. The van der Waals surface area contributed by atoms with Crippen LogP contribution in [-0.4, -0.2) is 39.2 Å². The molecule has 81 valence electrons. The van der Waals surface area contributed by atoms with Gasteiger partial charge in [0, 0.05) is 6.42 Å². The number of rotatable bonds is 3. The van der Waals surface area contributed by atoms with E-state index < -0.39 is 0 Å². The molecule has 0 aromatic rings. The van der Waals surface area contributed by atoms with Crippen molar-refractivity contribution in [1.82, 2.24) is 5.32 Å². The van der Waals surface area contributed by atoms with Crippen molar-refractivity contribution in [3.05, 3.63) is 0 Å². The van der Waals surface area contributed by atoms with Crippen LogP contribution in [0.3, 0.4) is 0 Å². The Balaban J connectivity index is 1.81. The molecule has 0 aromatic carbocycles. The third-order valence-electron chi connectivity index (χ3n) is 3.17. The minimum atomic E-state index is -0.0612. The zero-order valence-electron chi connectivity index (χ0n) is 8.41. The Morgan fingerprint density at radius 2 is 2.00 bits per heavy atom. The number of nitrogens with one attached hydrogen (secondary N) is 1. The lowest BCUT2D eigenvalue weighted by atomic mass is 9.84. The second kappa shape index (κ2) is 5.07. The molecule has 14 heavy (non-hydrogen) atoms. The van der Waals surface area contributed by atoms with Crippen molar-refractivity contribution in [3.63, 3.8) is 0 Å². The van der Waals surface area contributed by atoms with Crippen LogP contribution in [0.4, 0.5) is 0 Å². The monoisotopic (exact) mass is 200 g/mol. The topological polar surface area (TPSA) is 50.4 Å². The largest absolute Gasteiger partial charge is 0.350 e. The molecule has 2 fully saturated rings. The zero-order chi connectivity index (χ0) is 9.80. The molecule has 4 heteroatoms. The third kappa shape index (κ3) is 2.45. The molecule has 0 aliphatic carbocycles. The van der Waals surface area contributed by atoms with E-state index in [0.717, 1.165) is 25.9 Å². The van der Waals surface area contributed by atoms with Crippen LogP contribution in [0.15, 0.2) is 0 Å². The maximum absolute atomic E-state index is 11.0. The van der Waals surface area contributed by atoms with Gasteiger partial charge in [0.1, 0.15) is 0 Å². The maximum atomic E-state index is 11.0. The van der Waals surface area contributed by atoms with Gasteiger partial charge in [0.25, 0.3) is 0 Å². The molecular weight excluding hydrogens is 182 g/mol. The van der Waals surface area contributed by atoms with Crippen molar-refractivity contribution in [1.29, 1.82) is 0 Å². The van der Waals surface area contributed by atoms with Crippen LogP contribution in [0.1, 0.15) is 12.8 Å². The molecule has 1 N–H and O–H groups in total. The minimum Gasteiger partial charge on any atom is -0.350 e. The van der Waals surface area contributed by atoms with Gasteiger partial charge in [-0.2, -0.15) is 0 Å². The Labute approximate surface area is 84.6 Å². The summed E-state index contributed by atoms with van der Waals surface area (Å²) in [5.41, 5.74) is 0. The van der Waals surface area contributed by atoms with Gasteiger partial charge < -0.3 is 14.8 Å². The molecule has 0 amide bonds. The molecule has 0 spiro atoms. The summed E-state index contributed by atoms with van der Waals surface area (Å²) in [6.45, 7) is 3.37. The van der Waals surface area contributed by atoms with E-state index in [1.165, 1.54) is 0 Å². The zero-order valence-corrected chi connectivity index (χ0v) is 8.41. The Morgan fingerprint density at radius 1 is 1.21 bits per heavy atom. The van der Waals surface area contributed by atoms with Crippen LogP contribution in [0.2, 0.25) is 0 Å². The Bertz CT molecular complexity index is 171. The molecule has 2 aliphatic rings. The average Bonchev–Trinajstić information content (AvgIpc) is 2.71. The number of piperidine rings is 1. The summed E-state index contributed by atoms with van der Waals surface area (Å²) in [6, 6.07) is 0. The van der Waals surface area contributed by atoms with Gasteiger partial charge in [-0.3, -0.25) is 0 Å². The molecule has 4 nitrogen and oxygen atoms in total. The lowest BCUT2D eigenvalue weighted by Gasteiger charge is -2.31. The van der Waals surface area contributed by atoms with Gasteiger partial charge in [0.05, 0.1) is 19.8 Å². The highest BCUT2D eigenvalue weighted by Gasteiger charge is 2.29. The summed E-state index contributed by atoms with van der Waals surface area (Å²) in [4.78, 5) is 0. The predicted molar refractivity (Wildman–Crippen MR) is 50.3 cm³/mol. The van der Waals surface area contributed by atoms with Crippen molar-refractivity contribution >= 4 is 0 Å². The van der Waals surface area contributed by atoms with Gasteiger partial charge >= 0.3 is 0 Å². The van der Waals surface area contributed by atoms with Gasteiger partial charge in [-0.25, -0.2) is 5.11 Å². The highest BCUT2D eigenvalue weighted by molar-refractivity contribution is 4.78. The summed E-state index contributed by atoms with van der Waals surface area (Å²) in [7, 11) is 0. The fourth-order valence-corrected chi connectivity index (χ4v) is 2.26. The van der Waals surface area contributed by atoms with Gasteiger partial charge in [-0.05, 0) is 31.3 Å². The molecule has 2 heterocycles. The maximum Gasteiger partial charge on any atom is 0.158 e. The first-order valence-electron chi connectivity index (χ1n) is 5.42. The summed E-state index contributed by atoms with van der Waals surface area (Å²) in [5, 5.41) is 14.3. The SMILES string of the molecule is [O]CC1CCNCC1CC1OCCO1. The second-order valence-electron chi connectivity index (χ2n) is 4.09. The van der Waals surface area contributed by atoms with Crippen molar-refractivity contribution in [2.75, 3.05) is 32.9 Å². The quantitative estimate of drug-likeness (QED) is 0.717. The van der Waals surface area contributed by atoms with E-state index in [0.29, 0.717) is 25.0 Å². The van der Waals surface area contributed by atoms with Crippen molar-refractivity contribution in [3.8, 4) is 0 Å². The normalized spacial score (nSPS) is 34.9. The van der Waals surface area contributed by atoms with Crippen LogP contribution in [-0.2, 0) is 14.6 Å². The summed E-state index contributed by atoms with van der Waals surface area (Å²) < 4.78 is 10.8. The smallest absolute Gasteiger partial charge is 0.158 e. The molecule has 0 saturated carbocycles. The van der Waals surface area contributed by atoms with E-state index in [2.05, 4.69) is 5.32 Å². The fraction of sp³-hybridized carbons (Fsp3) is 1.00. The molecule has 0 aromatic heterocycles. The van der Waals surface area contributed by atoms with Crippen LogP contribution in [0.25, 0.3) is 0 Å². The number of ether oxygens (including phenoxy) is 2. The fourth-order valence-electron chi connectivity index (χ4n) is 2.26. The van der Waals surface area contributed by atoms with Crippen LogP contribution < -0.4 is 5.32 Å². The van der Waals surface area contributed by atoms with Gasteiger partial charge in [-0.15, -0.1) is 0 Å². The number of hydrogen-bond acceptors (Lipinski definition) is 3. The van der Waals surface area contributed by atoms with Crippen molar-refractivity contribution < 1.29 is 14.6 Å². The molecule has 2 aliphatic heterocycles. The van der Waals surface area contributed by atoms with Crippen molar-refractivity contribution in [2.24, 2.45) is 11.8 Å². The van der Waals surface area contributed by atoms with Crippen LogP contribution in [0.5, 0.6) is 0 Å². The summed E-state index contributed by atoms with van der Waals surface area (Å²) in [6.07, 6.45) is 1.81. The van der Waals surface area contributed by atoms with Crippen LogP contribution >= 0.6 is 0 Å². The molecule has 2 rings (SSSR count). The summed E-state index contributed by atoms with van der Waals surface area (Å²) >= 11 is 0. The number of hydrogen-bond donors (Lipinski definition) is 1. The standard InChI is InChI=1S/C10H18NO3/c12-7-8-1-2-11-6-9(8)5-10-13-3-4-14-10/h8-11H,1-7H2. The third-order valence-corrected chi connectivity index (χ3v) is 3.17. The highest BCUT2D eigenvalue weighted by atomic mass is 16.7. The van der Waals surface area contributed by atoms with Gasteiger partial charge in [0.2, 0.25) is 0 Å². The second-order valence-corrected chi connectivity index (χ2v) is 4.09. The Kier molecular flexibility index (Phi) is 3.75. The van der Waals surface area contributed by atoms with E-state index in [9.17, 15) is 5.11 Å². The highest BCUT2D eigenvalue weighted by Crippen LogP contribution is 2.25. The minimum absolute atomic E-state index is 0.0407. The van der Waals surface area contributed by atoms with Gasteiger partial charge in [0.15, 0.2) is 6.29 Å². The lowest BCUT2D eigenvalue weighted by Crippen LogP contribution is -2.39. The first-order valence-corrected chi connectivity index (χ1v) is 5.42. The average molecular weight is 200 g/mol. The van der Waals surface area contributed by atoms with Crippen molar-refractivity contribution in [2.45, 2.75) is 19.1 Å². The van der Waals surface area contributed by atoms with E-state index in [1.807, 2.05) is 0 Å². The molecule has 0 bridgehead atoms. The van der Waals surface area contributed by atoms with E-state index >= 15 is 0 Å². The first-order chi connectivity index (χ1) is 6.90. The Morgan fingerprint density at radius 3 is 2.71 bits per heavy atom. The van der Waals surface area contributed by atoms with Crippen LogP contribution in [0, 0.1) is 11.8 Å². The summed E-state index contributed by atoms with van der Waals surface area (Å²) in [5.74, 6) is 0.744. The predicted octanol–water partition coefficient (Wildman–Crippen LogP) is 0.406. The van der Waals surface area contributed by atoms with Gasteiger partial charge in [-0.1, -0.05) is 0 Å². The molecule has 1 radical (unpaired) electrons.